The van der Waals surface area contributed by atoms with Crippen LogP contribution in [0.25, 0.3) is 22.6 Å². The molecule has 0 saturated heterocycles. The number of rotatable bonds is 4. The molecule has 6 nitrogen and oxygen atoms in total. The van der Waals surface area contributed by atoms with Gasteiger partial charge in [0, 0.05) is 16.8 Å². The fourth-order valence-electron chi connectivity index (χ4n) is 2.84. The van der Waals surface area contributed by atoms with E-state index in [0.717, 1.165) is 5.56 Å². The fourth-order valence-corrected chi connectivity index (χ4v) is 3.41. The number of carbonyl (C=O) groups is 1. The molecule has 2 aromatic heterocycles. The number of nitrogens with zero attached hydrogens (tertiary/aromatic N) is 2. The van der Waals surface area contributed by atoms with Crippen molar-refractivity contribution in [3.8, 4) is 22.6 Å². The summed E-state index contributed by atoms with van der Waals surface area (Å²) in [5.41, 5.74) is 2.36. The number of halogens is 2. The number of aromatic nitrogens is 2. The minimum absolute atomic E-state index is 0.264. The lowest BCUT2D eigenvalue weighted by molar-refractivity contribution is 0.102. The number of oxazole rings is 1. The third-order valence-corrected chi connectivity index (χ3v) is 4.76. The molecule has 1 N–H and O–H groups in total. The Morgan fingerprint density at radius 2 is 1.86 bits per heavy atom. The molecule has 0 spiro atoms. The van der Waals surface area contributed by atoms with E-state index in [0.29, 0.717) is 32.8 Å². The molecule has 0 aliphatic heterocycles. The van der Waals surface area contributed by atoms with Crippen molar-refractivity contribution < 1.29 is 13.7 Å². The zero-order valence-corrected chi connectivity index (χ0v) is 16.1. The minimum Gasteiger partial charge on any atom is -0.444 e. The van der Waals surface area contributed by atoms with E-state index in [4.69, 9.17) is 32.1 Å². The van der Waals surface area contributed by atoms with Crippen LogP contribution in [-0.2, 0) is 0 Å². The maximum absolute atomic E-state index is 13.0. The Bertz CT molecular complexity index is 1130. The van der Waals surface area contributed by atoms with Crippen LogP contribution in [0, 0.1) is 6.92 Å². The molecule has 0 unspecified atom stereocenters. The summed E-state index contributed by atoms with van der Waals surface area (Å²) in [5.74, 6) is 0.565. The summed E-state index contributed by atoms with van der Waals surface area (Å²) in [6, 6.07) is 12.3. The molecule has 0 aliphatic rings. The van der Waals surface area contributed by atoms with E-state index in [1.54, 1.807) is 49.5 Å². The monoisotopic (exact) mass is 413 g/mol. The van der Waals surface area contributed by atoms with Crippen molar-refractivity contribution in [3.63, 3.8) is 0 Å². The van der Waals surface area contributed by atoms with Crippen LogP contribution in [0.4, 0.5) is 5.69 Å². The first-order valence-electron chi connectivity index (χ1n) is 8.25. The zero-order valence-electron chi connectivity index (χ0n) is 14.6. The van der Waals surface area contributed by atoms with Crippen molar-refractivity contribution in [2.45, 2.75) is 6.92 Å². The summed E-state index contributed by atoms with van der Waals surface area (Å²) in [6.45, 7) is 1.65. The Hall–Kier alpha value is -3.09. The first-order valence-corrected chi connectivity index (χ1v) is 9.01. The van der Waals surface area contributed by atoms with Crippen LogP contribution in [0.15, 0.2) is 64.0 Å². The number of hydrogen-bond donors (Lipinski definition) is 1. The van der Waals surface area contributed by atoms with E-state index >= 15 is 0 Å². The standard InChI is InChI=1S/C20H13Cl2N3O3/c1-11-17(19(25-28-11)18-14(21)6-3-7-15(18)22)20(26)24-13-5-2-4-12(8-13)16-9-23-10-27-16/h2-10H,1H3,(H,24,26). The van der Waals surface area contributed by atoms with Gasteiger partial charge in [0.15, 0.2) is 12.2 Å². The number of amides is 1. The average Bonchev–Trinajstić information content (AvgIpc) is 3.32. The van der Waals surface area contributed by atoms with E-state index in [-0.39, 0.29) is 17.2 Å². The molecule has 0 atom stereocenters. The minimum atomic E-state index is -0.389. The van der Waals surface area contributed by atoms with Gasteiger partial charge in [-0.2, -0.15) is 0 Å². The van der Waals surface area contributed by atoms with E-state index < -0.39 is 0 Å². The molecule has 1 amide bonds. The summed E-state index contributed by atoms with van der Waals surface area (Å²) < 4.78 is 10.5. The van der Waals surface area contributed by atoms with Crippen molar-refractivity contribution in [1.82, 2.24) is 10.1 Å². The molecular formula is C20H13Cl2N3O3. The third kappa shape index (κ3) is 3.40. The summed E-state index contributed by atoms with van der Waals surface area (Å²) in [6.07, 6.45) is 2.95. The normalized spacial score (nSPS) is 10.8. The molecule has 4 aromatic rings. The predicted octanol–water partition coefficient (Wildman–Crippen LogP) is 5.86. The maximum Gasteiger partial charge on any atom is 0.261 e. The van der Waals surface area contributed by atoms with Gasteiger partial charge in [-0.15, -0.1) is 0 Å². The summed E-state index contributed by atoms with van der Waals surface area (Å²) >= 11 is 12.5. The average molecular weight is 414 g/mol. The molecule has 8 heteroatoms. The van der Waals surface area contributed by atoms with Crippen molar-refractivity contribution >= 4 is 34.8 Å². The summed E-state index contributed by atoms with van der Waals surface area (Å²) in [7, 11) is 0. The van der Waals surface area contributed by atoms with Crippen LogP contribution in [0.3, 0.4) is 0 Å². The molecule has 140 valence electrons. The maximum atomic E-state index is 13.0. The second kappa shape index (κ2) is 7.50. The van der Waals surface area contributed by atoms with E-state index in [9.17, 15) is 4.79 Å². The Kier molecular flexibility index (Phi) is 4.90. The van der Waals surface area contributed by atoms with Gasteiger partial charge in [0.25, 0.3) is 5.91 Å². The largest absolute Gasteiger partial charge is 0.444 e. The highest BCUT2D eigenvalue weighted by Crippen LogP contribution is 2.37. The van der Waals surface area contributed by atoms with Crippen LogP contribution >= 0.6 is 23.2 Å². The van der Waals surface area contributed by atoms with Crippen molar-refractivity contribution in [2.24, 2.45) is 0 Å². The predicted molar refractivity (Wildman–Crippen MR) is 107 cm³/mol. The highest BCUT2D eigenvalue weighted by Gasteiger charge is 2.25. The molecule has 0 fully saturated rings. The van der Waals surface area contributed by atoms with E-state index in [2.05, 4.69) is 15.5 Å². The quantitative estimate of drug-likeness (QED) is 0.452. The van der Waals surface area contributed by atoms with Crippen LogP contribution in [0.5, 0.6) is 0 Å². The Balaban J connectivity index is 1.69. The number of aryl methyl sites for hydroxylation is 1. The highest BCUT2D eigenvalue weighted by atomic mass is 35.5. The lowest BCUT2D eigenvalue weighted by Gasteiger charge is -2.08. The first-order chi connectivity index (χ1) is 13.5. The Morgan fingerprint density at radius 3 is 2.57 bits per heavy atom. The van der Waals surface area contributed by atoms with Crippen molar-refractivity contribution in [2.75, 3.05) is 5.32 Å². The molecule has 0 aliphatic carbocycles. The Labute approximate surface area is 170 Å². The molecular weight excluding hydrogens is 401 g/mol. The Morgan fingerprint density at radius 1 is 1.11 bits per heavy atom. The molecule has 2 heterocycles. The molecule has 0 bridgehead atoms. The van der Waals surface area contributed by atoms with Gasteiger partial charge in [0.05, 0.1) is 16.2 Å². The van der Waals surface area contributed by atoms with Crippen LogP contribution in [0.1, 0.15) is 16.1 Å². The SMILES string of the molecule is Cc1onc(-c2c(Cl)cccc2Cl)c1C(=O)Nc1cccc(-c2cnco2)c1. The highest BCUT2D eigenvalue weighted by molar-refractivity contribution is 6.39. The molecule has 2 aromatic carbocycles. The zero-order chi connectivity index (χ0) is 19.7. The lowest BCUT2D eigenvalue weighted by Crippen LogP contribution is -2.13. The van der Waals surface area contributed by atoms with Gasteiger partial charge in [-0.05, 0) is 31.2 Å². The molecule has 4 rings (SSSR count). The van der Waals surface area contributed by atoms with Gasteiger partial charge in [0.2, 0.25) is 0 Å². The molecule has 0 radical (unpaired) electrons. The second-order valence-electron chi connectivity index (χ2n) is 5.96. The number of benzene rings is 2. The number of carbonyl (C=O) groups excluding carboxylic acids is 1. The van der Waals surface area contributed by atoms with Gasteiger partial charge in [-0.1, -0.05) is 46.6 Å². The molecule has 28 heavy (non-hydrogen) atoms. The summed E-state index contributed by atoms with van der Waals surface area (Å²) in [4.78, 5) is 16.9. The fraction of sp³-hybridized carbons (Fsp3) is 0.0500. The molecule has 0 saturated carbocycles. The van der Waals surface area contributed by atoms with Gasteiger partial charge < -0.3 is 14.3 Å². The van der Waals surface area contributed by atoms with Crippen LogP contribution < -0.4 is 5.32 Å². The summed E-state index contributed by atoms with van der Waals surface area (Å²) in [5, 5.41) is 7.60. The van der Waals surface area contributed by atoms with Crippen molar-refractivity contribution in [3.05, 3.63) is 76.4 Å². The van der Waals surface area contributed by atoms with Gasteiger partial charge in [-0.25, -0.2) is 4.98 Å². The number of anilines is 1. The smallest absolute Gasteiger partial charge is 0.261 e. The van der Waals surface area contributed by atoms with E-state index in [1.807, 2.05) is 6.07 Å². The second-order valence-corrected chi connectivity index (χ2v) is 6.77. The van der Waals surface area contributed by atoms with Crippen LogP contribution in [0.2, 0.25) is 10.0 Å². The number of hydrogen-bond acceptors (Lipinski definition) is 5. The lowest BCUT2D eigenvalue weighted by atomic mass is 10.1. The van der Waals surface area contributed by atoms with Gasteiger partial charge in [0.1, 0.15) is 17.0 Å². The third-order valence-electron chi connectivity index (χ3n) is 4.13. The van der Waals surface area contributed by atoms with Gasteiger partial charge >= 0.3 is 0 Å². The van der Waals surface area contributed by atoms with E-state index in [1.165, 1.54) is 6.39 Å². The topological polar surface area (TPSA) is 81.2 Å². The van der Waals surface area contributed by atoms with Crippen molar-refractivity contribution in [1.29, 1.82) is 0 Å². The van der Waals surface area contributed by atoms with Crippen LogP contribution in [-0.4, -0.2) is 16.0 Å². The first kappa shape index (κ1) is 18.3. The number of nitrogens with one attached hydrogen (secondary N) is 1. The van der Waals surface area contributed by atoms with Gasteiger partial charge in [-0.3, -0.25) is 4.79 Å².